The molecule has 0 spiro atoms. The van der Waals surface area contributed by atoms with E-state index in [-0.39, 0.29) is 0 Å². The molecule has 156 valence electrons. The van der Waals surface area contributed by atoms with Gasteiger partial charge in [-0.05, 0) is 35.9 Å². The van der Waals surface area contributed by atoms with Crippen LogP contribution in [0.4, 0.5) is 0 Å². The van der Waals surface area contributed by atoms with Gasteiger partial charge in [0.1, 0.15) is 5.75 Å². The van der Waals surface area contributed by atoms with Gasteiger partial charge in [-0.25, -0.2) is 9.59 Å². The Morgan fingerprint density at radius 1 is 1.03 bits per heavy atom. The zero-order valence-corrected chi connectivity index (χ0v) is 16.9. The molecule has 1 N–H and O–H groups in total. The molecule has 0 aliphatic heterocycles. The molecule has 0 fully saturated rings. The number of methoxy groups -OCH3 is 1. The van der Waals surface area contributed by atoms with E-state index in [0.29, 0.717) is 22.2 Å². The monoisotopic (exact) mass is 417 g/mol. The molecule has 0 aliphatic carbocycles. The van der Waals surface area contributed by atoms with E-state index in [9.17, 15) is 14.4 Å². The van der Waals surface area contributed by atoms with E-state index in [1.54, 1.807) is 37.3 Å². The average molecular weight is 417 g/mol. The first-order chi connectivity index (χ1) is 15.0. The van der Waals surface area contributed by atoms with Gasteiger partial charge in [0.05, 0.1) is 24.2 Å². The van der Waals surface area contributed by atoms with Crippen LogP contribution in [0, 0.1) is 0 Å². The highest BCUT2D eigenvalue weighted by molar-refractivity contribution is 6.02. The molecule has 0 saturated carbocycles. The van der Waals surface area contributed by atoms with Crippen molar-refractivity contribution in [3.8, 4) is 5.75 Å². The maximum atomic E-state index is 12.8. The van der Waals surface area contributed by atoms with Gasteiger partial charge in [0.15, 0.2) is 6.10 Å². The summed E-state index contributed by atoms with van der Waals surface area (Å²) in [4.78, 5) is 39.6. The third kappa shape index (κ3) is 3.83. The zero-order chi connectivity index (χ0) is 22.0. The van der Waals surface area contributed by atoms with E-state index in [1.807, 2.05) is 30.3 Å². The first kappa shape index (κ1) is 20.1. The number of fused-ring (bicyclic) bond motifs is 2. The summed E-state index contributed by atoms with van der Waals surface area (Å²) in [5.41, 5.74) is -0.245. The first-order valence-corrected chi connectivity index (χ1v) is 9.54. The largest absolute Gasteiger partial charge is 0.478 e. The minimum atomic E-state index is -0.856. The Balaban J connectivity index is 1.86. The van der Waals surface area contributed by atoms with Gasteiger partial charge < -0.3 is 14.5 Å². The van der Waals surface area contributed by atoms with E-state index < -0.39 is 23.3 Å². The molecule has 3 aromatic carbocycles. The van der Waals surface area contributed by atoms with Gasteiger partial charge in [-0.3, -0.25) is 4.79 Å². The number of carbonyl (C=O) groups is 1. The second-order valence-electron chi connectivity index (χ2n) is 6.82. The summed E-state index contributed by atoms with van der Waals surface area (Å²) >= 11 is 0. The maximum Gasteiger partial charge on any atom is 0.349 e. The Labute approximate surface area is 176 Å². The summed E-state index contributed by atoms with van der Waals surface area (Å²) in [6.07, 6.45) is 0.526. The number of hydrogen-bond acceptors (Lipinski definition) is 6. The van der Waals surface area contributed by atoms with Crippen molar-refractivity contribution in [2.75, 3.05) is 7.11 Å². The lowest BCUT2D eigenvalue weighted by molar-refractivity contribution is -0.147. The molecule has 0 radical (unpaired) electrons. The predicted octanol–water partition coefficient (Wildman–Crippen LogP) is 2.67. The molecule has 4 rings (SSSR count). The van der Waals surface area contributed by atoms with Crippen LogP contribution in [-0.4, -0.2) is 35.1 Å². The fourth-order valence-corrected chi connectivity index (χ4v) is 3.29. The number of hydrogen-bond donors (Lipinski definition) is 1. The molecule has 8 heteroatoms. The summed E-state index contributed by atoms with van der Waals surface area (Å²) in [7, 11) is 1.28. The molecule has 1 heterocycles. The molecule has 0 bridgehead atoms. The van der Waals surface area contributed by atoms with Crippen LogP contribution in [0.1, 0.15) is 12.5 Å². The van der Waals surface area contributed by atoms with Crippen LogP contribution < -0.4 is 16.0 Å². The number of ether oxygens (including phenoxy) is 2. The summed E-state index contributed by atoms with van der Waals surface area (Å²) < 4.78 is 11.3. The van der Waals surface area contributed by atoms with E-state index in [1.165, 1.54) is 13.3 Å². The van der Waals surface area contributed by atoms with Crippen molar-refractivity contribution in [3.63, 3.8) is 0 Å². The van der Waals surface area contributed by atoms with E-state index in [4.69, 9.17) is 9.47 Å². The number of esters is 1. The second kappa shape index (κ2) is 8.27. The van der Waals surface area contributed by atoms with Crippen LogP contribution in [0.25, 0.3) is 21.7 Å². The first-order valence-electron chi connectivity index (χ1n) is 9.54. The summed E-state index contributed by atoms with van der Waals surface area (Å²) in [6, 6.07) is 17.8. The molecular weight excluding hydrogens is 398 g/mol. The van der Waals surface area contributed by atoms with Gasteiger partial charge in [0.25, 0.3) is 5.56 Å². The number of aromatic amines is 1. The molecule has 31 heavy (non-hydrogen) atoms. The third-order valence-electron chi connectivity index (χ3n) is 4.85. The molecule has 8 nitrogen and oxygen atoms in total. The quantitative estimate of drug-likeness (QED) is 0.397. The van der Waals surface area contributed by atoms with E-state index in [0.717, 1.165) is 15.4 Å². The smallest absolute Gasteiger partial charge is 0.349 e. The van der Waals surface area contributed by atoms with E-state index >= 15 is 0 Å². The molecule has 0 saturated heterocycles. The van der Waals surface area contributed by atoms with Crippen molar-refractivity contribution in [2.24, 2.45) is 5.10 Å². The lowest BCUT2D eigenvalue weighted by Crippen LogP contribution is -2.32. The number of nitrogens with zero attached hydrogens (tertiary/aromatic N) is 2. The maximum absolute atomic E-state index is 12.8. The normalized spacial score (nSPS) is 12.3. The lowest BCUT2D eigenvalue weighted by Gasteiger charge is -2.15. The fourth-order valence-electron chi connectivity index (χ4n) is 3.29. The Morgan fingerprint density at radius 3 is 2.52 bits per heavy atom. The highest BCUT2D eigenvalue weighted by Crippen LogP contribution is 2.27. The van der Waals surface area contributed by atoms with Crippen LogP contribution in [0.2, 0.25) is 0 Å². The minimum absolute atomic E-state index is 0.341. The topological polar surface area (TPSA) is 103 Å². The standard InChI is InChI=1S/C23H19N3O5/c1-14(22(28)30-2)31-20-12-11-15-7-3-4-8-16(15)18(20)13-24-26-21(27)17-9-5-6-10-19(17)25-23(26)29/h3-14H,1-2H3,(H,25,29)/t14-/m1/s1. The minimum Gasteiger partial charge on any atom is -0.478 e. The van der Waals surface area contributed by atoms with Gasteiger partial charge in [0.2, 0.25) is 0 Å². The van der Waals surface area contributed by atoms with Crippen LogP contribution >= 0.6 is 0 Å². The molecule has 4 aromatic rings. The summed E-state index contributed by atoms with van der Waals surface area (Å²) in [6.45, 7) is 1.57. The highest BCUT2D eigenvalue weighted by Gasteiger charge is 2.17. The highest BCUT2D eigenvalue weighted by atomic mass is 16.6. The number of aromatic nitrogens is 2. The van der Waals surface area contributed by atoms with Crippen LogP contribution in [0.5, 0.6) is 5.75 Å². The number of para-hydroxylation sites is 1. The van der Waals surface area contributed by atoms with Gasteiger partial charge in [-0.2, -0.15) is 5.10 Å². The Morgan fingerprint density at radius 2 is 1.74 bits per heavy atom. The predicted molar refractivity (Wildman–Crippen MR) is 118 cm³/mol. The van der Waals surface area contributed by atoms with Crippen molar-refractivity contribution in [1.82, 2.24) is 9.66 Å². The number of nitrogens with one attached hydrogen (secondary N) is 1. The molecule has 0 unspecified atom stereocenters. The lowest BCUT2D eigenvalue weighted by atomic mass is 10.0. The van der Waals surface area contributed by atoms with E-state index in [2.05, 4.69) is 10.1 Å². The number of benzene rings is 3. The van der Waals surface area contributed by atoms with Crippen molar-refractivity contribution < 1.29 is 14.3 Å². The van der Waals surface area contributed by atoms with Crippen molar-refractivity contribution in [2.45, 2.75) is 13.0 Å². The van der Waals surface area contributed by atoms with Crippen LogP contribution in [-0.2, 0) is 9.53 Å². The van der Waals surface area contributed by atoms with Gasteiger partial charge >= 0.3 is 11.7 Å². The fraction of sp³-hybridized carbons (Fsp3) is 0.130. The molecule has 0 aliphatic rings. The van der Waals surface area contributed by atoms with Crippen LogP contribution in [0.15, 0.2) is 75.4 Å². The Kier molecular flexibility index (Phi) is 5.36. The van der Waals surface area contributed by atoms with Gasteiger partial charge in [-0.1, -0.05) is 42.5 Å². The molecule has 1 aromatic heterocycles. The molecule has 1 atom stereocenters. The number of H-pyrrole nitrogens is 1. The zero-order valence-electron chi connectivity index (χ0n) is 16.9. The number of carbonyl (C=O) groups excluding carboxylic acids is 1. The van der Waals surface area contributed by atoms with Crippen LogP contribution in [0.3, 0.4) is 0 Å². The van der Waals surface area contributed by atoms with Crippen molar-refractivity contribution in [1.29, 1.82) is 0 Å². The SMILES string of the molecule is COC(=O)[C@@H](C)Oc1ccc2ccccc2c1C=Nn1c(=O)[nH]c2ccccc2c1=O. The second-order valence-corrected chi connectivity index (χ2v) is 6.82. The van der Waals surface area contributed by atoms with Crippen molar-refractivity contribution in [3.05, 3.63) is 87.1 Å². The Hall–Kier alpha value is -4.20. The Bertz CT molecular complexity index is 1430. The molecular formula is C23H19N3O5. The number of rotatable bonds is 5. The van der Waals surface area contributed by atoms with Crippen molar-refractivity contribution >= 4 is 33.9 Å². The average Bonchev–Trinajstić information content (AvgIpc) is 2.79. The summed E-state index contributed by atoms with van der Waals surface area (Å²) in [5.74, 6) is -0.163. The third-order valence-corrected chi connectivity index (χ3v) is 4.85. The van der Waals surface area contributed by atoms with Gasteiger partial charge in [0, 0.05) is 5.56 Å². The summed E-state index contributed by atoms with van der Waals surface area (Å²) in [5, 5.41) is 6.18. The molecule has 0 amide bonds. The van der Waals surface area contributed by atoms with Gasteiger partial charge in [-0.15, -0.1) is 4.68 Å².